The zero-order valence-electron chi connectivity index (χ0n) is 10.2. The molecule has 0 amide bonds. The van der Waals surface area contributed by atoms with E-state index in [0.717, 1.165) is 6.29 Å². The summed E-state index contributed by atoms with van der Waals surface area (Å²) in [5, 5.41) is 10.4. The molecule has 17 heavy (non-hydrogen) atoms. The van der Waals surface area contributed by atoms with Gasteiger partial charge in [0, 0.05) is 5.56 Å². The number of aldehydes is 1. The van der Waals surface area contributed by atoms with Crippen molar-refractivity contribution in [3.05, 3.63) is 28.8 Å². The van der Waals surface area contributed by atoms with Gasteiger partial charge in [0.05, 0.1) is 10.6 Å². The molecule has 0 fully saturated rings. The number of ether oxygens (including phenoxy) is 1. The maximum absolute atomic E-state index is 10.5. The van der Waals surface area contributed by atoms with Gasteiger partial charge in [-0.05, 0) is 31.0 Å². The van der Waals surface area contributed by atoms with Crippen molar-refractivity contribution in [3.8, 4) is 5.75 Å². The number of carbonyl (C=O) groups is 1. The number of benzene rings is 1. The molecule has 0 heterocycles. The molecule has 0 radical (unpaired) electrons. The third-order valence-electron chi connectivity index (χ3n) is 2.86. The molecule has 0 spiro atoms. The lowest BCUT2D eigenvalue weighted by Crippen LogP contribution is -2.37. The summed E-state index contributed by atoms with van der Waals surface area (Å²) in [6.07, 6.45) is 0.722. The van der Waals surface area contributed by atoms with Gasteiger partial charge in [0.25, 0.3) is 0 Å². The summed E-state index contributed by atoms with van der Waals surface area (Å²) in [5.74, 6) is 0.550. The molecule has 1 N–H and O–H groups in total. The van der Waals surface area contributed by atoms with Gasteiger partial charge in [-0.1, -0.05) is 25.4 Å². The number of aliphatic hydroxyl groups is 1. The highest BCUT2D eigenvalue weighted by molar-refractivity contribution is 6.32. The number of rotatable bonds is 5. The largest absolute Gasteiger partial charge is 0.489 e. The normalized spacial score (nSPS) is 14.5. The molecule has 1 atom stereocenters. The summed E-state index contributed by atoms with van der Waals surface area (Å²) < 4.78 is 5.46. The van der Waals surface area contributed by atoms with E-state index in [-0.39, 0.29) is 12.5 Å². The molecule has 0 aliphatic carbocycles. The Hall–Kier alpha value is -1.06. The van der Waals surface area contributed by atoms with Gasteiger partial charge in [-0.3, -0.25) is 4.79 Å². The fourth-order valence-corrected chi connectivity index (χ4v) is 1.34. The Labute approximate surface area is 106 Å². The third-order valence-corrected chi connectivity index (χ3v) is 3.15. The first-order valence-corrected chi connectivity index (χ1v) is 5.84. The minimum absolute atomic E-state index is 0.0792. The van der Waals surface area contributed by atoms with Crippen molar-refractivity contribution in [2.75, 3.05) is 6.61 Å². The fourth-order valence-electron chi connectivity index (χ4n) is 1.10. The van der Waals surface area contributed by atoms with Crippen LogP contribution in [0, 0.1) is 5.92 Å². The van der Waals surface area contributed by atoms with Crippen molar-refractivity contribution in [1.82, 2.24) is 0 Å². The minimum Gasteiger partial charge on any atom is -0.489 e. The average molecular weight is 257 g/mol. The zero-order valence-corrected chi connectivity index (χ0v) is 11.0. The van der Waals surface area contributed by atoms with Crippen molar-refractivity contribution >= 4 is 17.9 Å². The maximum Gasteiger partial charge on any atom is 0.150 e. The summed E-state index contributed by atoms with van der Waals surface area (Å²) in [6.45, 7) is 5.71. The fraction of sp³-hybridized carbons (Fsp3) is 0.462. The SMILES string of the molecule is CC(C)C(C)(O)COc1ccc(C=O)cc1Cl. The Morgan fingerprint density at radius 1 is 1.53 bits per heavy atom. The minimum atomic E-state index is -0.910. The molecule has 0 aliphatic rings. The Kier molecular flexibility index (Phi) is 4.54. The van der Waals surface area contributed by atoms with Crippen molar-refractivity contribution < 1.29 is 14.6 Å². The molecule has 0 saturated carbocycles. The van der Waals surface area contributed by atoms with Crippen LogP contribution in [0.5, 0.6) is 5.75 Å². The van der Waals surface area contributed by atoms with Crippen molar-refractivity contribution in [2.24, 2.45) is 5.92 Å². The lowest BCUT2D eigenvalue weighted by atomic mass is 9.94. The second-order valence-corrected chi connectivity index (χ2v) is 5.02. The van der Waals surface area contributed by atoms with Gasteiger partial charge in [0.2, 0.25) is 0 Å². The summed E-state index contributed by atoms with van der Waals surface area (Å²) in [6, 6.07) is 4.79. The van der Waals surface area contributed by atoms with E-state index in [2.05, 4.69) is 0 Å². The number of hydrogen-bond acceptors (Lipinski definition) is 3. The molecular formula is C13H17ClO3. The van der Waals surface area contributed by atoms with Crippen LogP contribution in [0.3, 0.4) is 0 Å². The Bertz CT molecular complexity index is 400. The first kappa shape index (κ1) is 14.0. The van der Waals surface area contributed by atoms with Gasteiger partial charge in [-0.15, -0.1) is 0 Å². The van der Waals surface area contributed by atoms with E-state index in [4.69, 9.17) is 16.3 Å². The van der Waals surface area contributed by atoms with Crippen LogP contribution in [0.25, 0.3) is 0 Å². The number of carbonyl (C=O) groups excluding carboxylic acids is 1. The summed E-state index contributed by atoms with van der Waals surface area (Å²) in [4.78, 5) is 10.5. The van der Waals surface area contributed by atoms with E-state index < -0.39 is 5.60 Å². The molecule has 1 rings (SSSR count). The van der Waals surface area contributed by atoms with Crippen LogP contribution < -0.4 is 4.74 Å². The van der Waals surface area contributed by atoms with Gasteiger partial charge in [-0.2, -0.15) is 0 Å². The molecule has 1 unspecified atom stereocenters. The van der Waals surface area contributed by atoms with Crippen molar-refractivity contribution in [3.63, 3.8) is 0 Å². The maximum atomic E-state index is 10.5. The lowest BCUT2D eigenvalue weighted by Gasteiger charge is -2.27. The molecule has 1 aromatic rings. The molecule has 94 valence electrons. The van der Waals surface area contributed by atoms with Crippen LogP contribution in [0.4, 0.5) is 0 Å². The number of hydrogen-bond donors (Lipinski definition) is 1. The average Bonchev–Trinajstić information content (AvgIpc) is 2.27. The van der Waals surface area contributed by atoms with Gasteiger partial charge < -0.3 is 9.84 Å². The van der Waals surface area contributed by atoms with Gasteiger partial charge in [0.1, 0.15) is 18.6 Å². The molecule has 4 heteroatoms. The summed E-state index contributed by atoms with van der Waals surface area (Å²) >= 11 is 5.95. The van der Waals surface area contributed by atoms with E-state index in [0.29, 0.717) is 16.3 Å². The topological polar surface area (TPSA) is 46.5 Å². The number of halogens is 1. The van der Waals surface area contributed by atoms with Gasteiger partial charge >= 0.3 is 0 Å². The molecule has 0 saturated heterocycles. The smallest absolute Gasteiger partial charge is 0.150 e. The highest BCUT2D eigenvalue weighted by Crippen LogP contribution is 2.27. The summed E-state index contributed by atoms with van der Waals surface area (Å²) in [7, 11) is 0. The van der Waals surface area contributed by atoms with Crippen LogP contribution in [0.1, 0.15) is 31.1 Å². The standard InChI is InChI=1S/C13H17ClO3/c1-9(2)13(3,16)8-17-12-5-4-10(7-15)6-11(12)14/h4-7,9,16H,8H2,1-3H3. The van der Waals surface area contributed by atoms with E-state index >= 15 is 0 Å². The van der Waals surface area contributed by atoms with Crippen molar-refractivity contribution in [2.45, 2.75) is 26.4 Å². The highest BCUT2D eigenvalue weighted by Gasteiger charge is 2.26. The van der Waals surface area contributed by atoms with Crippen LogP contribution in [-0.4, -0.2) is 23.6 Å². The molecular weight excluding hydrogens is 240 g/mol. The molecule has 3 nitrogen and oxygen atoms in total. The predicted molar refractivity (Wildman–Crippen MR) is 67.8 cm³/mol. The Balaban J connectivity index is 2.73. The van der Waals surface area contributed by atoms with Gasteiger partial charge in [-0.25, -0.2) is 0 Å². The molecule has 0 aromatic heterocycles. The molecule has 0 aliphatic heterocycles. The first-order valence-electron chi connectivity index (χ1n) is 5.46. The van der Waals surface area contributed by atoms with E-state index in [1.165, 1.54) is 6.07 Å². The first-order chi connectivity index (χ1) is 7.86. The van der Waals surface area contributed by atoms with Crippen molar-refractivity contribution in [1.29, 1.82) is 0 Å². The Morgan fingerprint density at radius 2 is 2.18 bits per heavy atom. The van der Waals surface area contributed by atoms with Crippen LogP contribution >= 0.6 is 11.6 Å². The van der Waals surface area contributed by atoms with E-state index in [1.807, 2.05) is 13.8 Å². The molecule has 0 bridgehead atoms. The summed E-state index contributed by atoms with van der Waals surface area (Å²) in [5.41, 5.74) is -0.412. The van der Waals surface area contributed by atoms with E-state index in [9.17, 15) is 9.90 Å². The monoisotopic (exact) mass is 256 g/mol. The zero-order chi connectivity index (χ0) is 13.1. The van der Waals surface area contributed by atoms with Crippen LogP contribution in [0.15, 0.2) is 18.2 Å². The van der Waals surface area contributed by atoms with Gasteiger partial charge in [0.15, 0.2) is 0 Å². The molecule has 1 aromatic carbocycles. The quantitative estimate of drug-likeness (QED) is 0.824. The van der Waals surface area contributed by atoms with Crippen LogP contribution in [-0.2, 0) is 0 Å². The second kappa shape index (κ2) is 5.52. The lowest BCUT2D eigenvalue weighted by molar-refractivity contribution is -0.0266. The third kappa shape index (κ3) is 3.72. The van der Waals surface area contributed by atoms with E-state index in [1.54, 1.807) is 19.1 Å². The predicted octanol–water partition coefficient (Wildman–Crippen LogP) is 2.94. The second-order valence-electron chi connectivity index (χ2n) is 4.61. The van der Waals surface area contributed by atoms with Crippen LogP contribution in [0.2, 0.25) is 5.02 Å². The highest BCUT2D eigenvalue weighted by atomic mass is 35.5. The Morgan fingerprint density at radius 3 is 2.65 bits per heavy atom.